The largest absolute Gasteiger partial charge is 0.456 e. The molecular weight excluding hydrogens is 869 g/mol. The fourth-order valence-corrected chi connectivity index (χ4v) is 13.0. The van der Waals surface area contributed by atoms with Crippen molar-refractivity contribution in [2.24, 2.45) is 0 Å². The first-order valence-corrected chi connectivity index (χ1v) is 24.5. The lowest BCUT2D eigenvalue weighted by Crippen LogP contribution is -2.10. The second-order valence-electron chi connectivity index (χ2n) is 17.6. The summed E-state index contributed by atoms with van der Waals surface area (Å²) in [5, 5.41) is 13.8. The molecule has 0 N–H and O–H groups in total. The van der Waals surface area contributed by atoms with Gasteiger partial charge in [0.25, 0.3) is 0 Å². The average molecular weight is 905 g/mol. The maximum absolute atomic E-state index is 6.95. The van der Waals surface area contributed by atoms with Gasteiger partial charge in [0, 0.05) is 79.3 Å². The van der Waals surface area contributed by atoms with Gasteiger partial charge >= 0.3 is 0 Å². The predicted octanol–water partition coefficient (Wildman–Crippen LogP) is 19.5. The van der Waals surface area contributed by atoms with Crippen molar-refractivity contribution in [3.05, 3.63) is 218 Å². The Bertz CT molecular complexity index is 4520. The summed E-state index contributed by atoms with van der Waals surface area (Å²) in [6.07, 6.45) is 0. The first kappa shape index (κ1) is 37.8. The molecule has 0 saturated heterocycles. The van der Waals surface area contributed by atoms with E-state index < -0.39 is 0 Å². The Balaban J connectivity index is 0.868. The molecule has 15 rings (SSSR count). The number of benzene rings is 11. The predicted molar refractivity (Wildman–Crippen MR) is 291 cm³/mol. The summed E-state index contributed by atoms with van der Waals surface area (Å²) in [5.74, 6) is 0. The van der Waals surface area contributed by atoms with Gasteiger partial charge in [0.15, 0.2) is 0 Å². The third-order valence-electron chi connectivity index (χ3n) is 13.7. The van der Waals surface area contributed by atoms with Crippen LogP contribution < -0.4 is 9.80 Å². The number of furan rings is 2. The Kier molecular flexibility index (Phi) is 8.07. The summed E-state index contributed by atoms with van der Waals surface area (Å²) >= 11 is 3.69. The van der Waals surface area contributed by atoms with Crippen molar-refractivity contribution >= 4 is 163 Å². The van der Waals surface area contributed by atoms with Gasteiger partial charge in [0.2, 0.25) is 0 Å². The maximum Gasteiger partial charge on any atom is 0.147 e. The van der Waals surface area contributed by atoms with Gasteiger partial charge in [-0.1, -0.05) is 97.1 Å². The zero-order chi connectivity index (χ0) is 44.5. The molecule has 15 aromatic rings. The summed E-state index contributed by atoms with van der Waals surface area (Å²) in [6, 6.07) is 78.9. The van der Waals surface area contributed by atoms with Crippen molar-refractivity contribution in [3.8, 4) is 0 Å². The van der Waals surface area contributed by atoms with Gasteiger partial charge in [-0.3, -0.25) is 0 Å². The standard InChI is InChI=1S/C62H36N2O2S2/c1-3-13-41(14-4-1)63(50-19-11-23-57-59(50)46-17-7-9-21-55(46)67-57)43-27-25-37-33-48-45-29-30-52-61(62(45)66-53(48)35-39(37)31-43)49-34-38-26-28-44(32-40(38)36-54(49)65-52)64(42-15-5-2-6-16-42)51-20-12-24-58-60(51)47-18-8-10-22-56(47)68-58/h1-36H. The van der Waals surface area contributed by atoms with Crippen LogP contribution in [-0.2, 0) is 0 Å². The molecule has 68 heavy (non-hydrogen) atoms. The van der Waals surface area contributed by atoms with Gasteiger partial charge in [-0.2, -0.15) is 0 Å². The minimum absolute atomic E-state index is 0.810. The number of fused-ring (bicyclic) bond motifs is 15. The zero-order valence-electron chi connectivity index (χ0n) is 36.3. The minimum atomic E-state index is 0.810. The fraction of sp³-hybridized carbons (Fsp3) is 0. The molecule has 4 heterocycles. The van der Waals surface area contributed by atoms with Gasteiger partial charge in [-0.25, -0.2) is 0 Å². The van der Waals surface area contributed by atoms with E-state index in [1.54, 1.807) is 0 Å². The van der Waals surface area contributed by atoms with Gasteiger partial charge in [0.05, 0.1) is 16.8 Å². The van der Waals surface area contributed by atoms with E-state index in [2.05, 4.69) is 228 Å². The third kappa shape index (κ3) is 5.65. The maximum atomic E-state index is 6.95. The first-order chi connectivity index (χ1) is 33.7. The topological polar surface area (TPSA) is 32.8 Å². The van der Waals surface area contributed by atoms with Gasteiger partial charge in [-0.15, -0.1) is 22.7 Å². The second kappa shape index (κ2) is 14.5. The molecule has 0 amide bonds. The number of rotatable bonds is 6. The molecule has 11 aromatic carbocycles. The molecule has 318 valence electrons. The molecule has 0 atom stereocenters. The van der Waals surface area contributed by atoms with E-state index in [-0.39, 0.29) is 0 Å². The lowest BCUT2D eigenvalue weighted by atomic mass is 10.0. The van der Waals surface area contributed by atoms with E-state index in [0.29, 0.717) is 0 Å². The molecular formula is C62H36N2O2S2. The van der Waals surface area contributed by atoms with Gasteiger partial charge in [-0.05, 0) is 143 Å². The fourth-order valence-electron chi connectivity index (χ4n) is 10.7. The van der Waals surface area contributed by atoms with Crippen molar-refractivity contribution in [2.45, 2.75) is 0 Å². The van der Waals surface area contributed by atoms with Crippen molar-refractivity contribution in [1.82, 2.24) is 0 Å². The molecule has 0 bridgehead atoms. The molecule has 0 fully saturated rings. The highest BCUT2D eigenvalue weighted by atomic mass is 32.1. The quantitative estimate of drug-likeness (QED) is 0.166. The van der Waals surface area contributed by atoms with Crippen LogP contribution >= 0.6 is 22.7 Å². The number of hydrogen-bond donors (Lipinski definition) is 0. The highest BCUT2D eigenvalue weighted by Crippen LogP contribution is 2.48. The number of para-hydroxylation sites is 2. The van der Waals surface area contributed by atoms with E-state index in [1.807, 2.05) is 22.7 Å². The molecule has 0 saturated carbocycles. The highest BCUT2D eigenvalue weighted by Gasteiger charge is 2.23. The van der Waals surface area contributed by atoms with Crippen LogP contribution in [0.4, 0.5) is 34.1 Å². The lowest BCUT2D eigenvalue weighted by Gasteiger charge is -2.26. The lowest BCUT2D eigenvalue weighted by molar-refractivity contribution is 0.663. The molecule has 0 radical (unpaired) electrons. The second-order valence-corrected chi connectivity index (χ2v) is 19.8. The molecule has 0 aliphatic heterocycles. The van der Waals surface area contributed by atoms with E-state index in [9.17, 15) is 0 Å². The van der Waals surface area contributed by atoms with E-state index in [1.165, 1.54) is 40.3 Å². The minimum Gasteiger partial charge on any atom is -0.456 e. The van der Waals surface area contributed by atoms with Gasteiger partial charge in [0.1, 0.15) is 22.3 Å². The van der Waals surface area contributed by atoms with Crippen LogP contribution in [0.2, 0.25) is 0 Å². The Morgan fingerprint density at radius 3 is 1.35 bits per heavy atom. The summed E-state index contributed by atoms with van der Waals surface area (Å²) in [7, 11) is 0. The molecule has 4 aromatic heterocycles. The zero-order valence-corrected chi connectivity index (χ0v) is 37.9. The molecule has 6 heteroatoms. The SMILES string of the molecule is c1ccc(N(c2ccc3cc4c(cc3c2)oc2c4ccc3oc4cc5cc(N(c6ccccc6)c6cccc7sc8ccccc8c67)ccc5cc4c32)c2cccc3sc4ccccc4c23)cc1. The van der Waals surface area contributed by atoms with Crippen LogP contribution in [0.25, 0.3) is 106 Å². The molecule has 0 aliphatic rings. The summed E-state index contributed by atoms with van der Waals surface area (Å²) in [5.41, 5.74) is 10.0. The highest BCUT2D eigenvalue weighted by molar-refractivity contribution is 7.26. The van der Waals surface area contributed by atoms with Crippen LogP contribution in [-0.4, -0.2) is 0 Å². The van der Waals surface area contributed by atoms with Crippen LogP contribution in [0.1, 0.15) is 0 Å². The van der Waals surface area contributed by atoms with Crippen molar-refractivity contribution < 1.29 is 8.83 Å². The van der Waals surface area contributed by atoms with Crippen LogP contribution in [0.3, 0.4) is 0 Å². The van der Waals surface area contributed by atoms with E-state index >= 15 is 0 Å². The van der Waals surface area contributed by atoms with Crippen LogP contribution in [0.15, 0.2) is 227 Å². The number of anilines is 6. The normalized spacial score (nSPS) is 12.1. The Morgan fingerprint density at radius 2 is 0.779 bits per heavy atom. The molecule has 0 unspecified atom stereocenters. The van der Waals surface area contributed by atoms with Crippen LogP contribution in [0, 0.1) is 0 Å². The van der Waals surface area contributed by atoms with Crippen molar-refractivity contribution in [2.75, 3.05) is 9.80 Å². The Hall–Kier alpha value is -8.42. The first-order valence-electron chi connectivity index (χ1n) is 22.9. The number of nitrogens with zero attached hydrogens (tertiary/aromatic N) is 2. The van der Waals surface area contributed by atoms with Crippen molar-refractivity contribution in [3.63, 3.8) is 0 Å². The number of thiophene rings is 2. The average Bonchev–Trinajstić information content (AvgIpc) is 4.16. The summed E-state index contributed by atoms with van der Waals surface area (Å²) in [4.78, 5) is 4.78. The summed E-state index contributed by atoms with van der Waals surface area (Å²) in [6.45, 7) is 0. The third-order valence-corrected chi connectivity index (χ3v) is 16.0. The van der Waals surface area contributed by atoms with Crippen LogP contribution in [0.5, 0.6) is 0 Å². The summed E-state index contributed by atoms with van der Waals surface area (Å²) < 4.78 is 18.8. The smallest absolute Gasteiger partial charge is 0.147 e. The molecule has 0 spiro atoms. The Morgan fingerprint density at radius 1 is 0.279 bits per heavy atom. The Labute approximate surface area is 397 Å². The van der Waals surface area contributed by atoms with Crippen molar-refractivity contribution in [1.29, 1.82) is 0 Å². The van der Waals surface area contributed by atoms with E-state index in [4.69, 9.17) is 8.83 Å². The molecule has 0 aliphatic carbocycles. The van der Waals surface area contributed by atoms with E-state index in [0.717, 1.165) is 99.5 Å². The van der Waals surface area contributed by atoms with Gasteiger partial charge < -0.3 is 18.6 Å². The number of hydrogen-bond acceptors (Lipinski definition) is 6. The molecule has 4 nitrogen and oxygen atoms in total. The monoisotopic (exact) mass is 904 g/mol.